The Hall–Kier alpha value is -3.21. The molecule has 4 aromatic rings. The minimum absolute atomic E-state index is 0.269. The maximum atomic E-state index is 13.3. The van der Waals surface area contributed by atoms with Crippen LogP contribution in [0.15, 0.2) is 60.9 Å². The van der Waals surface area contributed by atoms with Crippen LogP contribution >= 0.6 is 0 Å². The Morgan fingerprint density at radius 2 is 1.68 bits per heavy atom. The Labute approximate surface area is 145 Å². The Morgan fingerprint density at radius 1 is 0.960 bits per heavy atom. The van der Waals surface area contributed by atoms with E-state index in [1.54, 1.807) is 18.3 Å². The minimum atomic E-state index is -0.269. The average Bonchev–Trinajstić information content (AvgIpc) is 2.97. The third kappa shape index (κ3) is 2.74. The number of aromatic nitrogens is 3. The van der Waals surface area contributed by atoms with Crippen molar-refractivity contribution in [2.75, 3.05) is 5.32 Å². The van der Waals surface area contributed by atoms with Crippen LogP contribution in [0.2, 0.25) is 0 Å². The van der Waals surface area contributed by atoms with Gasteiger partial charge in [0, 0.05) is 23.6 Å². The topological polar surface area (TPSA) is 42.2 Å². The van der Waals surface area contributed by atoms with E-state index in [0.717, 1.165) is 33.9 Å². The fourth-order valence-corrected chi connectivity index (χ4v) is 2.95. The molecule has 4 rings (SSSR count). The molecule has 25 heavy (non-hydrogen) atoms. The predicted molar refractivity (Wildman–Crippen MR) is 97.6 cm³/mol. The number of nitrogens with one attached hydrogen (secondary N) is 1. The molecule has 0 atom stereocenters. The molecule has 0 spiro atoms. The quantitative estimate of drug-likeness (QED) is 0.580. The fourth-order valence-electron chi connectivity index (χ4n) is 2.95. The van der Waals surface area contributed by atoms with Crippen LogP contribution in [0.5, 0.6) is 0 Å². The Morgan fingerprint density at radius 3 is 2.40 bits per heavy atom. The van der Waals surface area contributed by atoms with Gasteiger partial charge in [-0.15, -0.1) is 0 Å². The van der Waals surface area contributed by atoms with Crippen molar-refractivity contribution in [1.82, 2.24) is 14.4 Å². The van der Waals surface area contributed by atoms with Gasteiger partial charge in [0.15, 0.2) is 0 Å². The molecule has 2 aromatic carbocycles. The van der Waals surface area contributed by atoms with E-state index >= 15 is 0 Å². The van der Waals surface area contributed by atoms with Crippen LogP contribution in [-0.2, 0) is 0 Å². The molecule has 0 bridgehead atoms. The highest BCUT2D eigenvalue weighted by atomic mass is 19.1. The van der Waals surface area contributed by atoms with Gasteiger partial charge in [0.2, 0.25) is 5.78 Å². The van der Waals surface area contributed by atoms with E-state index in [-0.39, 0.29) is 5.82 Å². The molecule has 0 radical (unpaired) electrons. The molecule has 0 aliphatic heterocycles. The first kappa shape index (κ1) is 15.3. The Balaban J connectivity index is 1.92. The summed E-state index contributed by atoms with van der Waals surface area (Å²) >= 11 is 0. The number of fused-ring (bicyclic) bond motifs is 1. The summed E-state index contributed by atoms with van der Waals surface area (Å²) in [6, 6.07) is 14.4. The lowest BCUT2D eigenvalue weighted by molar-refractivity contribution is 0.628. The predicted octanol–water partition coefficient (Wildman–Crippen LogP) is 4.90. The number of rotatable bonds is 3. The average molecular weight is 332 g/mol. The molecule has 124 valence electrons. The van der Waals surface area contributed by atoms with Crippen LogP contribution in [0.3, 0.4) is 0 Å². The molecule has 4 nitrogen and oxygen atoms in total. The summed E-state index contributed by atoms with van der Waals surface area (Å²) in [5.41, 5.74) is 4.89. The molecular weight excluding hydrogens is 315 g/mol. The minimum Gasteiger partial charge on any atom is -0.339 e. The van der Waals surface area contributed by atoms with Crippen molar-refractivity contribution in [3.8, 4) is 11.3 Å². The van der Waals surface area contributed by atoms with Gasteiger partial charge in [0.05, 0.1) is 0 Å². The lowest BCUT2D eigenvalue weighted by atomic mass is 10.1. The monoisotopic (exact) mass is 332 g/mol. The first-order chi connectivity index (χ1) is 12.1. The number of imidazole rings is 1. The van der Waals surface area contributed by atoms with E-state index in [4.69, 9.17) is 0 Å². The summed E-state index contributed by atoms with van der Waals surface area (Å²) in [5, 5.41) is 3.51. The van der Waals surface area contributed by atoms with Gasteiger partial charge in [-0.2, -0.15) is 0 Å². The molecule has 0 amide bonds. The van der Waals surface area contributed by atoms with Gasteiger partial charge in [-0.05, 0) is 55.3 Å². The molecule has 0 saturated heterocycles. The molecule has 0 fully saturated rings. The lowest BCUT2D eigenvalue weighted by Gasteiger charge is -2.13. The van der Waals surface area contributed by atoms with E-state index in [9.17, 15) is 4.39 Å². The van der Waals surface area contributed by atoms with Crippen molar-refractivity contribution >= 4 is 17.3 Å². The van der Waals surface area contributed by atoms with E-state index in [2.05, 4.69) is 41.3 Å². The fraction of sp³-hybridized carbons (Fsp3) is 0.100. The number of aryl methyl sites for hydroxylation is 2. The van der Waals surface area contributed by atoms with Gasteiger partial charge in [0.25, 0.3) is 0 Å². The van der Waals surface area contributed by atoms with E-state index < -0.39 is 0 Å². The molecule has 5 heteroatoms. The van der Waals surface area contributed by atoms with Crippen LogP contribution in [0.25, 0.3) is 17.0 Å². The van der Waals surface area contributed by atoms with Crippen LogP contribution in [0.4, 0.5) is 15.9 Å². The van der Waals surface area contributed by atoms with Crippen molar-refractivity contribution in [2.45, 2.75) is 13.8 Å². The maximum Gasteiger partial charge on any atom is 0.235 e. The van der Waals surface area contributed by atoms with Crippen molar-refractivity contribution in [3.05, 3.63) is 77.9 Å². The second-order valence-electron chi connectivity index (χ2n) is 6.00. The van der Waals surface area contributed by atoms with Gasteiger partial charge in [-0.25, -0.2) is 14.4 Å². The standard InChI is InChI=1S/C20H17FN4/c1-13-5-3-6-14(2)17(13)23-19-18(15-7-9-16(21)10-8-15)24-20-22-11-4-12-25(19)20/h3-12,23H,1-2H3. The van der Waals surface area contributed by atoms with Gasteiger partial charge >= 0.3 is 0 Å². The summed E-state index contributed by atoms with van der Waals surface area (Å²) < 4.78 is 15.2. The molecule has 0 aliphatic carbocycles. The van der Waals surface area contributed by atoms with Crippen LogP contribution < -0.4 is 5.32 Å². The summed E-state index contributed by atoms with van der Waals surface area (Å²) in [6.07, 6.45) is 3.62. The van der Waals surface area contributed by atoms with Crippen molar-refractivity contribution in [1.29, 1.82) is 0 Å². The summed E-state index contributed by atoms with van der Waals surface area (Å²) in [4.78, 5) is 8.96. The normalized spacial score (nSPS) is 11.0. The first-order valence-electron chi connectivity index (χ1n) is 8.06. The Kier molecular flexibility index (Phi) is 3.69. The lowest BCUT2D eigenvalue weighted by Crippen LogP contribution is -2.00. The zero-order chi connectivity index (χ0) is 17.4. The zero-order valence-electron chi connectivity index (χ0n) is 14.0. The van der Waals surface area contributed by atoms with Gasteiger partial charge in [-0.3, -0.25) is 4.40 Å². The number of halogens is 1. The Bertz CT molecular complexity index is 1030. The van der Waals surface area contributed by atoms with E-state index in [1.165, 1.54) is 12.1 Å². The molecule has 2 heterocycles. The van der Waals surface area contributed by atoms with Gasteiger partial charge in [0.1, 0.15) is 17.3 Å². The van der Waals surface area contributed by atoms with Crippen molar-refractivity contribution in [2.24, 2.45) is 0 Å². The van der Waals surface area contributed by atoms with Crippen molar-refractivity contribution in [3.63, 3.8) is 0 Å². The summed E-state index contributed by atoms with van der Waals surface area (Å²) in [5.74, 6) is 1.14. The highest BCUT2D eigenvalue weighted by Crippen LogP contribution is 2.32. The number of benzene rings is 2. The molecule has 0 saturated carbocycles. The number of hydrogen-bond acceptors (Lipinski definition) is 3. The highest BCUT2D eigenvalue weighted by molar-refractivity contribution is 5.80. The van der Waals surface area contributed by atoms with Crippen LogP contribution in [-0.4, -0.2) is 14.4 Å². The maximum absolute atomic E-state index is 13.3. The largest absolute Gasteiger partial charge is 0.339 e. The zero-order valence-corrected chi connectivity index (χ0v) is 14.0. The first-order valence-corrected chi connectivity index (χ1v) is 8.06. The van der Waals surface area contributed by atoms with Crippen LogP contribution in [0, 0.1) is 19.7 Å². The highest BCUT2D eigenvalue weighted by Gasteiger charge is 2.16. The molecule has 0 aliphatic rings. The second-order valence-corrected chi connectivity index (χ2v) is 6.00. The summed E-state index contributed by atoms with van der Waals surface area (Å²) in [7, 11) is 0. The van der Waals surface area contributed by atoms with E-state index in [0.29, 0.717) is 5.78 Å². The number of nitrogens with zero attached hydrogens (tertiary/aromatic N) is 3. The van der Waals surface area contributed by atoms with Gasteiger partial charge < -0.3 is 5.32 Å². The smallest absolute Gasteiger partial charge is 0.235 e. The third-order valence-electron chi connectivity index (χ3n) is 4.25. The number of hydrogen-bond donors (Lipinski definition) is 1. The molecular formula is C20H17FN4. The SMILES string of the molecule is Cc1cccc(C)c1Nc1c(-c2ccc(F)cc2)nc2ncccn12. The summed E-state index contributed by atoms with van der Waals surface area (Å²) in [6.45, 7) is 4.13. The molecule has 0 unspecified atom stereocenters. The number of para-hydroxylation sites is 1. The van der Waals surface area contributed by atoms with Crippen molar-refractivity contribution < 1.29 is 4.39 Å². The number of anilines is 2. The molecule has 2 aromatic heterocycles. The van der Waals surface area contributed by atoms with Crippen LogP contribution in [0.1, 0.15) is 11.1 Å². The van der Waals surface area contributed by atoms with E-state index in [1.807, 2.05) is 22.7 Å². The molecule has 1 N–H and O–H groups in total. The second kappa shape index (κ2) is 6.02. The third-order valence-corrected chi connectivity index (χ3v) is 4.25. The van der Waals surface area contributed by atoms with Gasteiger partial charge in [-0.1, -0.05) is 18.2 Å².